The summed E-state index contributed by atoms with van der Waals surface area (Å²) in [5.74, 6) is -1.64. The largest absolute Gasteiger partial charge is 0.475 e. The Labute approximate surface area is 87.6 Å². The summed E-state index contributed by atoms with van der Waals surface area (Å²) in [5.41, 5.74) is 0. The molecule has 0 aliphatic heterocycles. The first kappa shape index (κ1) is 11.8. The standard InChI is InChI=1S/C9H12O5S/c1-3-6(2)15(12,13)8-5-4-7(14-8)9(10)11/h4-6H,3H2,1-2H3,(H,10,11). The zero-order valence-electron chi connectivity index (χ0n) is 8.43. The Morgan fingerprint density at radius 2 is 2.13 bits per heavy atom. The van der Waals surface area contributed by atoms with E-state index in [1.54, 1.807) is 13.8 Å². The summed E-state index contributed by atoms with van der Waals surface area (Å²) in [7, 11) is -3.53. The van der Waals surface area contributed by atoms with E-state index in [2.05, 4.69) is 0 Å². The lowest BCUT2D eigenvalue weighted by molar-refractivity contribution is 0.0656. The third kappa shape index (κ3) is 2.20. The molecule has 0 amide bonds. The van der Waals surface area contributed by atoms with Crippen molar-refractivity contribution in [3.8, 4) is 0 Å². The van der Waals surface area contributed by atoms with Gasteiger partial charge < -0.3 is 9.52 Å². The van der Waals surface area contributed by atoms with Crippen LogP contribution in [0, 0.1) is 0 Å². The molecule has 1 unspecified atom stereocenters. The fraction of sp³-hybridized carbons (Fsp3) is 0.444. The Bertz CT molecular complexity index is 457. The van der Waals surface area contributed by atoms with E-state index in [1.807, 2.05) is 0 Å². The van der Waals surface area contributed by atoms with Crippen LogP contribution in [0.25, 0.3) is 0 Å². The average Bonchev–Trinajstić information content (AvgIpc) is 2.65. The van der Waals surface area contributed by atoms with Gasteiger partial charge in [-0.3, -0.25) is 0 Å². The van der Waals surface area contributed by atoms with Crippen molar-refractivity contribution >= 4 is 15.8 Å². The zero-order valence-corrected chi connectivity index (χ0v) is 9.24. The smallest absolute Gasteiger partial charge is 0.371 e. The number of carbonyl (C=O) groups is 1. The van der Waals surface area contributed by atoms with Gasteiger partial charge in [0.25, 0.3) is 0 Å². The van der Waals surface area contributed by atoms with Gasteiger partial charge in [-0.05, 0) is 25.5 Å². The third-order valence-corrected chi connectivity index (χ3v) is 4.35. The molecule has 0 aromatic carbocycles. The Balaban J connectivity index is 3.12. The van der Waals surface area contributed by atoms with Crippen LogP contribution in [0.1, 0.15) is 30.8 Å². The molecule has 1 aromatic heterocycles. The molecule has 1 aromatic rings. The van der Waals surface area contributed by atoms with Crippen molar-refractivity contribution in [3.63, 3.8) is 0 Å². The predicted molar refractivity (Wildman–Crippen MR) is 52.6 cm³/mol. The molecule has 0 saturated carbocycles. The molecule has 84 valence electrons. The second-order valence-electron chi connectivity index (χ2n) is 3.19. The maximum atomic E-state index is 11.7. The minimum absolute atomic E-state index is 0.283. The summed E-state index contributed by atoms with van der Waals surface area (Å²) in [6.45, 7) is 3.29. The normalized spacial score (nSPS) is 13.7. The van der Waals surface area contributed by atoms with Crippen molar-refractivity contribution in [2.45, 2.75) is 30.6 Å². The van der Waals surface area contributed by atoms with Crippen molar-refractivity contribution < 1.29 is 22.7 Å². The number of carboxylic acids is 1. The topological polar surface area (TPSA) is 84.6 Å². The van der Waals surface area contributed by atoms with Crippen LogP contribution < -0.4 is 0 Å². The van der Waals surface area contributed by atoms with Crippen molar-refractivity contribution in [1.82, 2.24) is 0 Å². The van der Waals surface area contributed by atoms with Crippen LogP contribution in [0.15, 0.2) is 21.6 Å². The SMILES string of the molecule is CCC(C)S(=O)(=O)c1ccc(C(=O)O)o1. The van der Waals surface area contributed by atoms with Crippen molar-refractivity contribution in [2.75, 3.05) is 0 Å². The van der Waals surface area contributed by atoms with Crippen molar-refractivity contribution in [1.29, 1.82) is 0 Å². The summed E-state index contributed by atoms with van der Waals surface area (Å²) < 4.78 is 28.2. The lowest BCUT2D eigenvalue weighted by atomic mass is 10.4. The molecule has 0 aliphatic carbocycles. The molecule has 0 fully saturated rings. The molecule has 0 aliphatic rings. The monoisotopic (exact) mass is 232 g/mol. The van der Waals surface area contributed by atoms with E-state index in [0.29, 0.717) is 6.42 Å². The average molecular weight is 232 g/mol. The van der Waals surface area contributed by atoms with E-state index in [0.717, 1.165) is 6.07 Å². The molecular formula is C9H12O5S. The van der Waals surface area contributed by atoms with E-state index < -0.39 is 21.1 Å². The minimum Gasteiger partial charge on any atom is -0.475 e. The van der Waals surface area contributed by atoms with Gasteiger partial charge in [0.15, 0.2) is 0 Å². The first-order valence-electron chi connectivity index (χ1n) is 4.46. The summed E-state index contributed by atoms with van der Waals surface area (Å²) in [4.78, 5) is 10.5. The number of hydrogen-bond donors (Lipinski definition) is 1. The highest BCUT2D eigenvalue weighted by molar-refractivity contribution is 7.91. The van der Waals surface area contributed by atoms with E-state index in [-0.39, 0.29) is 10.9 Å². The predicted octanol–water partition coefficient (Wildman–Crippen LogP) is 1.55. The fourth-order valence-corrected chi connectivity index (χ4v) is 2.30. The maximum absolute atomic E-state index is 11.7. The number of rotatable bonds is 4. The lowest BCUT2D eigenvalue weighted by Crippen LogP contribution is -2.16. The first-order chi connectivity index (χ1) is 6.89. The Kier molecular flexibility index (Phi) is 3.18. The van der Waals surface area contributed by atoms with Crippen LogP contribution in [0.5, 0.6) is 0 Å². The van der Waals surface area contributed by atoms with Gasteiger partial charge in [0.2, 0.25) is 20.7 Å². The van der Waals surface area contributed by atoms with Crippen molar-refractivity contribution in [3.05, 3.63) is 17.9 Å². The summed E-state index contributed by atoms with van der Waals surface area (Å²) in [6.07, 6.45) is 0.450. The van der Waals surface area contributed by atoms with E-state index in [9.17, 15) is 13.2 Å². The molecule has 1 heterocycles. The minimum atomic E-state index is -3.53. The molecule has 1 N–H and O–H groups in total. The fourth-order valence-electron chi connectivity index (χ4n) is 1.01. The molecule has 6 heteroatoms. The molecule has 0 spiro atoms. The summed E-state index contributed by atoms with van der Waals surface area (Å²) >= 11 is 0. The Morgan fingerprint density at radius 3 is 2.53 bits per heavy atom. The van der Waals surface area contributed by atoms with Crippen LogP contribution in [-0.4, -0.2) is 24.7 Å². The first-order valence-corrected chi connectivity index (χ1v) is 6.01. The highest BCUT2D eigenvalue weighted by atomic mass is 32.2. The lowest BCUT2D eigenvalue weighted by Gasteiger charge is -2.06. The summed E-state index contributed by atoms with van der Waals surface area (Å²) in [6, 6.07) is 2.31. The van der Waals surface area contributed by atoms with Crippen molar-refractivity contribution in [2.24, 2.45) is 0 Å². The molecule has 0 bridgehead atoms. The molecule has 5 nitrogen and oxygen atoms in total. The van der Waals surface area contributed by atoms with Gasteiger partial charge >= 0.3 is 5.97 Å². The number of furan rings is 1. The molecule has 1 rings (SSSR count). The van der Waals surface area contributed by atoms with Crippen LogP contribution in [0.3, 0.4) is 0 Å². The van der Waals surface area contributed by atoms with Gasteiger partial charge in [0.1, 0.15) is 0 Å². The summed E-state index contributed by atoms with van der Waals surface area (Å²) in [5, 5.41) is 7.71. The molecule has 1 atom stereocenters. The van der Waals surface area contributed by atoms with E-state index >= 15 is 0 Å². The van der Waals surface area contributed by atoms with Crippen LogP contribution in [0.2, 0.25) is 0 Å². The van der Waals surface area contributed by atoms with Gasteiger partial charge in [0, 0.05) is 0 Å². The van der Waals surface area contributed by atoms with E-state index in [4.69, 9.17) is 9.52 Å². The number of aromatic carboxylic acids is 1. The number of carboxylic acid groups (broad SMARTS) is 1. The molecule has 0 saturated heterocycles. The van der Waals surface area contributed by atoms with E-state index in [1.165, 1.54) is 6.07 Å². The molecule has 0 radical (unpaired) electrons. The maximum Gasteiger partial charge on any atom is 0.371 e. The Morgan fingerprint density at radius 1 is 1.53 bits per heavy atom. The third-order valence-electron chi connectivity index (χ3n) is 2.18. The number of sulfone groups is 1. The highest BCUT2D eigenvalue weighted by Crippen LogP contribution is 2.20. The van der Waals surface area contributed by atoms with Gasteiger partial charge in [-0.1, -0.05) is 6.92 Å². The van der Waals surface area contributed by atoms with Gasteiger partial charge in [0.05, 0.1) is 5.25 Å². The van der Waals surface area contributed by atoms with Crippen LogP contribution >= 0.6 is 0 Å². The zero-order chi connectivity index (χ0) is 11.6. The number of hydrogen-bond acceptors (Lipinski definition) is 4. The van der Waals surface area contributed by atoms with Crippen LogP contribution in [-0.2, 0) is 9.84 Å². The molecule has 15 heavy (non-hydrogen) atoms. The Hall–Kier alpha value is -1.30. The van der Waals surface area contributed by atoms with Gasteiger partial charge in [-0.25, -0.2) is 13.2 Å². The second-order valence-corrected chi connectivity index (χ2v) is 5.48. The highest BCUT2D eigenvalue weighted by Gasteiger charge is 2.26. The quantitative estimate of drug-likeness (QED) is 0.851. The van der Waals surface area contributed by atoms with Crippen LogP contribution in [0.4, 0.5) is 0 Å². The van der Waals surface area contributed by atoms with Gasteiger partial charge in [-0.15, -0.1) is 0 Å². The second kappa shape index (κ2) is 4.06. The van der Waals surface area contributed by atoms with Gasteiger partial charge in [-0.2, -0.15) is 0 Å². The molecular weight excluding hydrogens is 220 g/mol.